The zero-order valence-electron chi connectivity index (χ0n) is 18.7. The predicted molar refractivity (Wildman–Crippen MR) is 126 cm³/mol. The summed E-state index contributed by atoms with van der Waals surface area (Å²) in [4.78, 5) is 28.4. The van der Waals surface area contributed by atoms with E-state index < -0.39 is 0 Å². The van der Waals surface area contributed by atoms with Gasteiger partial charge in [0, 0.05) is 71.4 Å². The maximum absolute atomic E-state index is 12.6. The minimum Gasteiger partial charge on any atom is -0.365 e. The highest BCUT2D eigenvalue weighted by molar-refractivity contribution is 5.76. The summed E-state index contributed by atoms with van der Waals surface area (Å²) in [5, 5.41) is 6.83. The fraction of sp³-hybridized carbons (Fsp3) is 0.542. The van der Waals surface area contributed by atoms with Crippen LogP contribution in [0, 0.1) is 0 Å². The number of piperazine rings is 2. The van der Waals surface area contributed by atoms with E-state index >= 15 is 0 Å². The number of nitrogens with one attached hydrogen (secondary N) is 2. The van der Waals surface area contributed by atoms with E-state index in [-0.39, 0.29) is 5.91 Å². The van der Waals surface area contributed by atoms with E-state index in [1.165, 1.54) is 11.1 Å². The van der Waals surface area contributed by atoms with Crippen LogP contribution in [0.15, 0.2) is 36.7 Å². The second kappa shape index (κ2) is 9.83. The lowest BCUT2D eigenvalue weighted by molar-refractivity contribution is -0.131. The van der Waals surface area contributed by atoms with Gasteiger partial charge in [-0.05, 0) is 24.0 Å². The van der Waals surface area contributed by atoms with Crippen LogP contribution in [-0.4, -0.2) is 90.6 Å². The first-order chi connectivity index (χ1) is 15.7. The molecular formula is C24H33N7O. The highest BCUT2D eigenvalue weighted by Gasteiger charge is 2.24. The van der Waals surface area contributed by atoms with Crippen molar-refractivity contribution in [3.05, 3.63) is 47.8 Å². The fourth-order valence-corrected chi connectivity index (χ4v) is 4.96. The molecule has 32 heavy (non-hydrogen) atoms. The van der Waals surface area contributed by atoms with Crippen LogP contribution in [-0.2, 0) is 17.6 Å². The third-order valence-electron chi connectivity index (χ3n) is 6.87. The lowest BCUT2D eigenvalue weighted by atomic mass is 10.1. The molecule has 2 N–H and O–H groups in total. The van der Waals surface area contributed by atoms with Gasteiger partial charge in [-0.3, -0.25) is 4.79 Å². The molecule has 1 aromatic carbocycles. The normalized spacial score (nSPS) is 19.8. The maximum Gasteiger partial charge on any atom is 0.223 e. The SMILES string of the molecule is O=C(CCN1CCNCC1)N1CCN(c2cnc(NC3Cc4ccccc4C3)nc2)CC1. The predicted octanol–water partition coefficient (Wildman–Crippen LogP) is 1.000. The number of anilines is 2. The van der Waals surface area contributed by atoms with Crippen LogP contribution in [0.3, 0.4) is 0 Å². The van der Waals surface area contributed by atoms with E-state index in [1.807, 2.05) is 17.3 Å². The molecule has 0 radical (unpaired) electrons. The fourth-order valence-electron chi connectivity index (χ4n) is 4.96. The summed E-state index contributed by atoms with van der Waals surface area (Å²) >= 11 is 0. The van der Waals surface area contributed by atoms with Crippen molar-refractivity contribution in [2.75, 3.05) is 69.1 Å². The molecule has 0 unspecified atom stereocenters. The van der Waals surface area contributed by atoms with Gasteiger partial charge in [0.2, 0.25) is 11.9 Å². The monoisotopic (exact) mass is 435 g/mol. The molecule has 0 spiro atoms. The lowest BCUT2D eigenvalue weighted by Gasteiger charge is -2.36. The van der Waals surface area contributed by atoms with Gasteiger partial charge in [-0.1, -0.05) is 24.3 Å². The Morgan fingerprint density at radius 1 is 0.969 bits per heavy atom. The third-order valence-corrected chi connectivity index (χ3v) is 6.87. The first-order valence-corrected chi connectivity index (χ1v) is 11.9. The molecule has 170 valence electrons. The van der Waals surface area contributed by atoms with Gasteiger partial charge in [0.1, 0.15) is 0 Å². The Bertz CT molecular complexity index is 880. The summed E-state index contributed by atoms with van der Waals surface area (Å²) in [7, 11) is 0. The topological polar surface area (TPSA) is 76.6 Å². The number of hydrogen-bond acceptors (Lipinski definition) is 7. The molecular weight excluding hydrogens is 402 g/mol. The van der Waals surface area contributed by atoms with Crippen molar-refractivity contribution >= 4 is 17.5 Å². The molecule has 2 aromatic rings. The zero-order valence-corrected chi connectivity index (χ0v) is 18.7. The third kappa shape index (κ3) is 5.02. The van der Waals surface area contributed by atoms with E-state index in [0.29, 0.717) is 18.4 Å². The van der Waals surface area contributed by atoms with Crippen molar-refractivity contribution in [3.8, 4) is 0 Å². The highest BCUT2D eigenvalue weighted by Crippen LogP contribution is 2.24. The van der Waals surface area contributed by atoms with Crippen LogP contribution in [0.1, 0.15) is 17.5 Å². The number of hydrogen-bond donors (Lipinski definition) is 2. The Balaban J connectivity index is 1.07. The van der Waals surface area contributed by atoms with Crippen molar-refractivity contribution in [2.45, 2.75) is 25.3 Å². The van der Waals surface area contributed by atoms with Crippen LogP contribution in [0.5, 0.6) is 0 Å². The molecule has 3 aliphatic rings. The van der Waals surface area contributed by atoms with Gasteiger partial charge >= 0.3 is 0 Å². The average molecular weight is 436 g/mol. The second-order valence-electron chi connectivity index (χ2n) is 8.99. The van der Waals surface area contributed by atoms with Gasteiger partial charge in [0.15, 0.2) is 0 Å². The standard InChI is InChI=1S/C24H33N7O/c32-23(5-8-29-9-6-25-7-10-29)31-13-11-30(12-14-31)22-17-26-24(27-18-22)28-21-15-19-3-1-2-4-20(19)16-21/h1-4,17-18,21,25H,5-16H2,(H,26,27,28). The molecule has 0 saturated carbocycles. The van der Waals surface area contributed by atoms with Gasteiger partial charge in [-0.25, -0.2) is 9.97 Å². The average Bonchev–Trinajstić information content (AvgIpc) is 3.26. The number of aromatic nitrogens is 2. The smallest absolute Gasteiger partial charge is 0.223 e. The quantitative estimate of drug-likeness (QED) is 0.701. The van der Waals surface area contributed by atoms with Crippen molar-refractivity contribution < 1.29 is 4.79 Å². The minimum absolute atomic E-state index is 0.275. The largest absolute Gasteiger partial charge is 0.365 e. The molecule has 0 atom stereocenters. The van der Waals surface area contributed by atoms with E-state index in [9.17, 15) is 4.79 Å². The van der Waals surface area contributed by atoms with E-state index in [0.717, 1.165) is 77.4 Å². The van der Waals surface area contributed by atoms with Crippen LogP contribution in [0.4, 0.5) is 11.6 Å². The van der Waals surface area contributed by atoms with Crippen LogP contribution in [0.2, 0.25) is 0 Å². The summed E-state index contributed by atoms with van der Waals surface area (Å²) in [5.74, 6) is 0.963. The first-order valence-electron chi connectivity index (χ1n) is 11.9. The second-order valence-corrected chi connectivity index (χ2v) is 8.99. The Kier molecular flexibility index (Phi) is 6.50. The van der Waals surface area contributed by atoms with E-state index in [2.05, 4.69) is 54.7 Å². The van der Waals surface area contributed by atoms with Crippen LogP contribution < -0.4 is 15.5 Å². The lowest BCUT2D eigenvalue weighted by Crippen LogP contribution is -2.50. The molecule has 1 aromatic heterocycles. The number of rotatable bonds is 6. The van der Waals surface area contributed by atoms with Crippen LogP contribution in [0.25, 0.3) is 0 Å². The Labute approximate surface area is 190 Å². The van der Waals surface area contributed by atoms with Gasteiger partial charge < -0.3 is 25.3 Å². The van der Waals surface area contributed by atoms with Crippen LogP contribution >= 0.6 is 0 Å². The van der Waals surface area contributed by atoms with Gasteiger partial charge in [-0.2, -0.15) is 0 Å². The van der Waals surface area contributed by atoms with Crippen molar-refractivity contribution in [1.82, 2.24) is 25.1 Å². The molecule has 1 amide bonds. The number of carbonyl (C=O) groups is 1. The molecule has 3 heterocycles. The Morgan fingerprint density at radius 3 is 2.28 bits per heavy atom. The molecule has 8 heteroatoms. The van der Waals surface area contributed by atoms with E-state index in [4.69, 9.17) is 0 Å². The molecule has 0 bridgehead atoms. The first kappa shape index (κ1) is 21.2. The zero-order chi connectivity index (χ0) is 21.8. The molecule has 1 aliphatic carbocycles. The van der Waals surface area contributed by atoms with E-state index in [1.54, 1.807) is 0 Å². The molecule has 5 rings (SSSR count). The van der Waals surface area contributed by atoms with Crippen molar-refractivity contribution in [1.29, 1.82) is 0 Å². The Hall–Kier alpha value is -2.71. The summed E-state index contributed by atoms with van der Waals surface area (Å²) in [6.07, 6.45) is 6.46. The van der Waals surface area contributed by atoms with Gasteiger partial charge in [-0.15, -0.1) is 0 Å². The van der Waals surface area contributed by atoms with Crippen molar-refractivity contribution in [2.24, 2.45) is 0 Å². The summed E-state index contributed by atoms with van der Waals surface area (Å²) in [5.41, 5.74) is 3.86. The maximum atomic E-state index is 12.6. The molecule has 2 fully saturated rings. The highest BCUT2D eigenvalue weighted by atomic mass is 16.2. The number of fused-ring (bicyclic) bond motifs is 1. The number of carbonyl (C=O) groups excluding carboxylic acids is 1. The molecule has 2 saturated heterocycles. The number of benzene rings is 1. The van der Waals surface area contributed by atoms with Gasteiger partial charge in [0.25, 0.3) is 0 Å². The molecule has 2 aliphatic heterocycles. The molecule has 8 nitrogen and oxygen atoms in total. The van der Waals surface area contributed by atoms with Crippen molar-refractivity contribution in [3.63, 3.8) is 0 Å². The van der Waals surface area contributed by atoms with Gasteiger partial charge in [0.05, 0.1) is 18.1 Å². The minimum atomic E-state index is 0.275. The summed E-state index contributed by atoms with van der Waals surface area (Å²) in [6, 6.07) is 8.97. The Morgan fingerprint density at radius 2 is 1.62 bits per heavy atom. The summed E-state index contributed by atoms with van der Waals surface area (Å²) in [6.45, 7) is 8.19. The summed E-state index contributed by atoms with van der Waals surface area (Å²) < 4.78 is 0. The number of nitrogens with zero attached hydrogens (tertiary/aromatic N) is 5. The number of amides is 1.